The van der Waals surface area contributed by atoms with Crippen LogP contribution in [0.1, 0.15) is 36.0 Å². The van der Waals surface area contributed by atoms with E-state index in [1.165, 1.54) is 12.1 Å². The first kappa shape index (κ1) is 15.2. The Morgan fingerprint density at radius 2 is 1.95 bits per heavy atom. The lowest BCUT2D eigenvalue weighted by atomic mass is 10.0. The van der Waals surface area contributed by atoms with E-state index in [0.29, 0.717) is 12.5 Å². The highest BCUT2D eigenvalue weighted by Gasteiger charge is 2.20. The molecule has 1 aliphatic heterocycles. The molecule has 0 saturated carbocycles. The molecule has 0 bridgehead atoms. The van der Waals surface area contributed by atoms with E-state index in [0.717, 1.165) is 56.2 Å². The maximum absolute atomic E-state index is 12.8. The fourth-order valence-corrected chi connectivity index (χ4v) is 2.63. The summed E-state index contributed by atoms with van der Waals surface area (Å²) in [5, 5.41) is 3.33. The van der Waals surface area contributed by atoms with Crippen LogP contribution in [0.15, 0.2) is 34.9 Å². The zero-order valence-electron chi connectivity index (χ0n) is 12.6. The predicted octanol–water partition coefficient (Wildman–Crippen LogP) is 3.04. The van der Waals surface area contributed by atoms with Gasteiger partial charge in [0.05, 0.1) is 12.7 Å². The molecule has 0 radical (unpaired) electrons. The Morgan fingerprint density at radius 1 is 1.18 bits per heavy atom. The van der Waals surface area contributed by atoms with Crippen molar-refractivity contribution < 1.29 is 13.5 Å². The summed E-state index contributed by atoms with van der Waals surface area (Å²) in [6, 6.07) is 6.61. The van der Waals surface area contributed by atoms with Crippen molar-refractivity contribution in [2.75, 3.05) is 19.8 Å². The lowest BCUT2D eigenvalue weighted by Crippen LogP contribution is -2.16. The molecule has 3 rings (SSSR count). The molecule has 0 atom stereocenters. The molecule has 1 fully saturated rings. The minimum Gasteiger partial charge on any atom is -0.444 e. The quantitative estimate of drug-likeness (QED) is 0.833. The van der Waals surface area contributed by atoms with E-state index >= 15 is 0 Å². The lowest BCUT2D eigenvalue weighted by molar-refractivity contribution is 0.0791. The number of nitrogens with one attached hydrogen (secondary N) is 1. The van der Waals surface area contributed by atoms with Crippen molar-refractivity contribution in [2.24, 2.45) is 0 Å². The number of nitrogens with zero attached hydrogens (tertiary/aromatic N) is 1. The van der Waals surface area contributed by atoms with E-state index in [1.54, 1.807) is 6.20 Å². The van der Waals surface area contributed by atoms with Crippen LogP contribution in [0.5, 0.6) is 0 Å². The summed E-state index contributed by atoms with van der Waals surface area (Å²) in [4.78, 5) is 4.38. The van der Waals surface area contributed by atoms with E-state index < -0.39 is 0 Å². The number of hydrogen-bond acceptors (Lipinski definition) is 4. The number of halogens is 1. The number of ether oxygens (including phenoxy) is 1. The van der Waals surface area contributed by atoms with E-state index in [1.807, 2.05) is 12.1 Å². The van der Waals surface area contributed by atoms with Crippen LogP contribution in [0.25, 0.3) is 0 Å². The maximum Gasteiger partial charge on any atom is 0.197 e. The van der Waals surface area contributed by atoms with Gasteiger partial charge in [0.1, 0.15) is 11.6 Å². The highest BCUT2D eigenvalue weighted by molar-refractivity contribution is 5.16. The van der Waals surface area contributed by atoms with Crippen molar-refractivity contribution in [3.8, 4) is 0 Å². The molecule has 1 N–H and O–H groups in total. The first-order valence-corrected chi connectivity index (χ1v) is 7.79. The topological polar surface area (TPSA) is 47.3 Å². The van der Waals surface area contributed by atoms with Crippen molar-refractivity contribution in [3.05, 3.63) is 53.5 Å². The van der Waals surface area contributed by atoms with Crippen LogP contribution in [-0.2, 0) is 17.7 Å². The molecule has 1 saturated heterocycles. The Morgan fingerprint density at radius 3 is 2.73 bits per heavy atom. The van der Waals surface area contributed by atoms with Crippen molar-refractivity contribution in [1.82, 2.24) is 10.3 Å². The first-order valence-electron chi connectivity index (χ1n) is 7.79. The predicted molar refractivity (Wildman–Crippen MR) is 81.1 cm³/mol. The molecule has 0 amide bonds. The first-order chi connectivity index (χ1) is 10.8. The van der Waals surface area contributed by atoms with Crippen molar-refractivity contribution in [3.63, 3.8) is 0 Å². The number of aromatic nitrogens is 1. The van der Waals surface area contributed by atoms with Crippen LogP contribution in [0, 0.1) is 5.82 Å². The van der Waals surface area contributed by atoms with Gasteiger partial charge in [0.15, 0.2) is 5.89 Å². The smallest absolute Gasteiger partial charge is 0.197 e. The van der Waals surface area contributed by atoms with Gasteiger partial charge in [0, 0.05) is 19.1 Å². The Kier molecular flexibility index (Phi) is 5.19. The Labute approximate surface area is 129 Å². The van der Waals surface area contributed by atoms with Gasteiger partial charge >= 0.3 is 0 Å². The van der Waals surface area contributed by atoms with E-state index in [4.69, 9.17) is 9.15 Å². The Balaban J connectivity index is 1.42. The van der Waals surface area contributed by atoms with Crippen LogP contribution in [0.4, 0.5) is 4.39 Å². The van der Waals surface area contributed by atoms with Gasteiger partial charge in [-0.3, -0.25) is 0 Å². The van der Waals surface area contributed by atoms with Gasteiger partial charge in [-0.2, -0.15) is 0 Å². The summed E-state index contributed by atoms with van der Waals surface area (Å²) in [5.74, 6) is 1.89. The normalized spacial score (nSPS) is 16.0. The fraction of sp³-hybridized carbons (Fsp3) is 0.471. The molecule has 5 heteroatoms. The van der Waals surface area contributed by atoms with Gasteiger partial charge in [0.25, 0.3) is 0 Å². The van der Waals surface area contributed by atoms with E-state index in [9.17, 15) is 4.39 Å². The minimum atomic E-state index is -0.195. The summed E-state index contributed by atoms with van der Waals surface area (Å²) in [6.07, 6.45) is 4.63. The molecule has 0 spiro atoms. The third kappa shape index (κ3) is 4.15. The lowest BCUT2D eigenvalue weighted by Gasteiger charge is -2.18. The molecule has 2 heterocycles. The van der Waals surface area contributed by atoms with Gasteiger partial charge in [0.2, 0.25) is 0 Å². The van der Waals surface area contributed by atoms with Crippen LogP contribution in [0.2, 0.25) is 0 Å². The van der Waals surface area contributed by atoms with Gasteiger partial charge in [-0.25, -0.2) is 9.37 Å². The average Bonchev–Trinajstić information content (AvgIpc) is 3.03. The van der Waals surface area contributed by atoms with Crippen molar-refractivity contribution in [2.45, 2.75) is 31.7 Å². The number of benzene rings is 1. The Hall–Kier alpha value is -1.72. The third-order valence-corrected chi connectivity index (χ3v) is 3.94. The van der Waals surface area contributed by atoms with Gasteiger partial charge in [-0.1, -0.05) is 12.1 Å². The largest absolute Gasteiger partial charge is 0.444 e. The molecule has 1 aromatic carbocycles. The number of rotatable bonds is 6. The number of hydrogen-bond donors (Lipinski definition) is 1. The highest BCUT2D eigenvalue weighted by atomic mass is 19.1. The molecule has 2 aromatic rings. The molecule has 0 unspecified atom stereocenters. The summed E-state index contributed by atoms with van der Waals surface area (Å²) in [7, 11) is 0. The summed E-state index contributed by atoms with van der Waals surface area (Å²) in [6.45, 7) is 3.06. The average molecular weight is 304 g/mol. The highest BCUT2D eigenvalue weighted by Crippen LogP contribution is 2.26. The Bertz CT molecular complexity index is 577. The van der Waals surface area contributed by atoms with Crippen LogP contribution in [-0.4, -0.2) is 24.7 Å². The standard InChI is InChI=1S/C17H21FN2O2/c18-15-3-1-13(2-4-15)5-8-19-11-16-12-20-17(22-16)14-6-9-21-10-7-14/h1-4,12,14,19H,5-11H2. The summed E-state index contributed by atoms with van der Waals surface area (Å²) in [5.41, 5.74) is 1.12. The second kappa shape index (κ2) is 7.51. The van der Waals surface area contributed by atoms with Gasteiger partial charge in [-0.15, -0.1) is 0 Å². The third-order valence-electron chi connectivity index (χ3n) is 3.94. The van der Waals surface area contributed by atoms with Gasteiger partial charge < -0.3 is 14.5 Å². The zero-order valence-corrected chi connectivity index (χ0v) is 12.6. The van der Waals surface area contributed by atoms with E-state index in [-0.39, 0.29) is 5.82 Å². The summed E-state index contributed by atoms with van der Waals surface area (Å²) >= 11 is 0. The SMILES string of the molecule is Fc1ccc(CCNCc2cnc(C3CCOCC3)o2)cc1. The second-order valence-corrected chi connectivity index (χ2v) is 5.60. The van der Waals surface area contributed by atoms with Gasteiger partial charge in [-0.05, 0) is 43.5 Å². The minimum absolute atomic E-state index is 0.195. The van der Waals surface area contributed by atoms with Crippen LogP contribution in [0.3, 0.4) is 0 Å². The zero-order chi connectivity index (χ0) is 15.2. The monoisotopic (exact) mass is 304 g/mol. The molecule has 22 heavy (non-hydrogen) atoms. The van der Waals surface area contributed by atoms with Crippen LogP contribution >= 0.6 is 0 Å². The molecule has 4 nitrogen and oxygen atoms in total. The van der Waals surface area contributed by atoms with Crippen molar-refractivity contribution in [1.29, 1.82) is 0 Å². The molecule has 0 aliphatic carbocycles. The maximum atomic E-state index is 12.8. The fourth-order valence-electron chi connectivity index (χ4n) is 2.63. The van der Waals surface area contributed by atoms with E-state index in [2.05, 4.69) is 10.3 Å². The second-order valence-electron chi connectivity index (χ2n) is 5.60. The molecular formula is C17H21FN2O2. The molecule has 1 aromatic heterocycles. The molecular weight excluding hydrogens is 283 g/mol. The number of oxazole rings is 1. The van der Waals surface area contributed by atoms with Crippen LogP contribution < -0.4 is 5.32 Å². The summed E-state index contributed by atoms with van der Waals surface area (Å²) < 4.78 is 24.0. The van der Waals surface area contributed by atoms with Crippen molar-refractivity contribution >= 4 is 0 Å². The molecule has 1 aliphatic rings. The molecule has 118 valence electrons.